The Morgan fingerprint density at radius 3 is 2.83 bits per heavy atom. The number of pyridine rings is 1. The second kappa shape index (κ2) is 7.30. The summed E-state index contributed by atoms with van der Waals surface area (Å²) in [7, 11) is 0. The van der Waals surface area contributed by atoms with Crippen LogP contribution >= 0.6 is 0 Å². The summed E-state index contributed by atoms with van der Waals surface area (Å²) >= 11 is 0. The maximum atomic E-state index is 11.5. The van der Waals surface area contributed by atoms with Crippen LogP contribution in [0.1, 0.15) is 39.0 Å². The molecule has 0 N–H and O–H groups in total. The fourth-order valence-electron chi connectivity index (χ4n) is 3.73. The second-order valence-corrected chi connectivity index (χ2v) is 6.72. The molecule has 3 heterocycles. The number of nitrogens with zero attached hydrogens (tertiary/aromatic N) is 2. The van der Waals surface area contributed by atoms with Gasteiger partial charge in [0.25, 0.3) is 0 Å². The van der Waals surface area contributed by atoms with Crippen molar-refractivity contribution in [2.24, 2.45) is 5.92 Å². The van der Waals surface area contributed by atoms with E-state index in [4.69, 9.17) is 9.47 Å². The van der Waals surface area contributed by atoms with Crippen LogP contribution in [0.3, 0.4) is 0 Å². The summed E-state index contributed by atoms with van der Waals surface area (Å²) in [5.41, 5.74) is -0.00840. The quantitative estimate of drug-likeness (QED) is 0.856. The molecule has 0 aromatic carbocycles. The summed E-state index contributed by atoms with van der Waals surface area (Å²) < 4.78 is 11.9. The molecule has 0 radical (unpaired) electrons. The first-order chi connectivity index (χ1) is 11.2. The van der Waals surface area contributed by atoms with Crippen LogP contribution in [0.5, 0.6) is 5.75 Å². The van der Waals surface area contributed by atoms with Gasteiger partial charge in [-0.2, -0.15) is 0 Å². The van der Waals surface area contributed by atoms with Crippen molar-refractivity contribution in [1.82, 2.24) is 9.88 Å². The maximum Gasteiger partial charge on any atom is 0.219 e. The molecule has 5 heteroatoms. The van der Waals surface area contributed by atoms with E-state index in [1.807, 2.05) is 17.0 Å². The summed E-state index contributed by atoms with van der Waals surface area (Å²) in [6.45, 7) is 4.88. The molecule has 3 rings (SSSR count). The van der Waals surface area contributed by atoms with Gasteiger partial charge in [0.05, 0.1) is 12.2 Å². The van der Waals surface area contributed by atoms with Gasteiger partial charge in [0.1, 0.15) is 5.75 Å². The Bertz CT molecular complexity index is 512. The van der Waals surface area contributed by atoms with Gasteiger partial charge >= 0.3 is 0 Å². The van der Waals surface area contributed by atoms with Gasteiger partial charge in [0.15, 0.2) is 0 Å². The van der Waals surface area contributed by atoms with Crippen LogP contribution in [0, 0.1) is 5.92 Å². The van der Waals surface area contributed by atoms with Crippen LogP contribution in [0.2, 0.25) is 0 Å². The molecular formula is C18H26N2O3. The zero-order chi connectivity index (χ0) is 16.1. The highest BCUT2D eigenvalue weighted by molar-refractivity contribution is 5.73. The lowest BCUT2D eigenvalue weighted by atomic mass is 9.78. The number of hydrogen-bond donors (Lipinski definition) is 0. The maximum absolute atomic E-state index is 11.5. The van der Waals surface area contributed by atoms with Gasteiger partial charge in [-0.25, -0.2) is 0 Å². The minimum Gasteiger partial charge on any atom is -0.493 e. The second-order valence-electron chi connectivity index (χ2n) is 6.72. The first-order valence-corrected chi connectivity index (χ1v) is 8.59. The number of carbonyl (C=O) groups is 1. The SMILES string of the molecule is CC(=O)N1CCC2(CC1)CC(CCOc1ccncc1)CCO2. The Balaban J connectivity index is 1.46. The number of piperidine rings is 1. The third-order valence-corrected chi connectivity index (χ3v) is 5.16. The van der Waals surface area contributed by atoms with Crippen molar-refractivity contribution >= 4 is 5.91 Å². The molecular weight excluding hydrogens is 292 g/mol. The molecule has 2 saturated heterocycles. The van der Waals surface area contributed by atoms with Gasteiger partial charge in [-0.15, -0.1) is 0 Å². The van der Waals surface area contributed by atoms with Crippen LogP contribution in [0.15, 0.2) is 24.5 Å². The molecule has 0 saturated carbocycles. The number of carbonyl (C=O) groups excluding carboxylic acids is 1. The molecule has 1 unspecified atom stereocenters. The van der Waals surface area contributed by atoms with E-state index in [0.717, 1.165) is 64.2 Å². The molecule has 1 aromatic rings. The third-order valence-electron chi connectivity index (χ3n) is 5.16. The number of aromatic nitrogens is 1. The molecule has 126 valence electrons. The van der Waals surface area contributed by atoms with E-state index < -0.39 is 0 Å². The number of ether oxygens (including phenoxy) is 2. The van der Waals surface area contributed by atoms with E-state index in [9.17, 15) is 4.79 Å². The standard InChI is InChI=1S/C18H26N2O3/c1-15(21)20-10-6-18(7-11-20)14-16(5-13-23-18)4-12-22-17-2-8-19-9-3-17/h2-3,8-9,16H,4-7,10-14H2,1H3. The molecule has 0 aliphatic carbocycles. The van der Waals surface area contributed by atoms with Crippen molar-refractivity contribution in [2.45, 2.75) is 44.6 Å². The fourth-order valence-corrected chi connectivity index (χ4v) is 3.73. The summed E-state index contributed by atoms with van der Waals surface area (Å²) in [5.74, 6) is 1.71. The molecule has 2 aliphatic heterocycles. The summed E-state index contributed by atoms with van der Waals surface area (Å²) in [6.07, 6.45) is 8.70. The fraction of sp³-hybridized carbons (Fsp3) is 0.667. The van der Waals surface area contributed by atoms with E-state index in [1.165, 1.54) is 0 Å². The topological polar surface area (TPSA) is 51.7 Å². The first-order valence-electron chi connectivity index (χ1n) is 8.59. The molecule has 1 amide bonds. The van der Waals surface area contributed by atoms with E-state index in [0.29, 0.717) is 5.92 Å². The summed E-state index contributed by atoms with van der Waals surface area (Å²) in [5, 5.41) is 0. The van der Waals surface area contributed by atoms with Gasteiger partial charge in [-0.1, -0.05) is 0 Å². The zero-order valence-electron chi connectivity index (χ0n) is 13.9. The Kier molecular flexibility index (Phi) is 5.16. The van der Waals surface area contributed by atoms with E-state index in [2.05, 4.69) is 4.98 Å². The Labute approximate surface area is 138 Å². The van der Waals surface area contributed by atoms with Crippen molar-refractivity contribution in [2.75, 3.05) is 26.3 Å². The van der Waals surface area contributed by atoms with Gasteiger partial charge < -0.3 is 14.4 Å². The van der Waals surface area contributed by atoms with Crippen LogP contribution < -0.4 is 4.74 Å². The molecule has 2 aliphatic rings. The largest absolute Gasteiger partial charge is 0.493 e. The normalized spacial score (nSPS) is 23.7. The lowest BCUT2D eigenvalue weighted by Crippen LogP contribution is -2.50. The molecule has 23 heavy (non-hydrogen) atoms. The molecule has 1 spiro atoms. The number of hydrogen-bond acceptors (Lipinski definition) is 4. The Morgan fingerprint density at radius 2 is 2.13 bits per heavy atom. The highest BCUT2D eigenvalue weighted by Gasteiger charge is 2.40. The Hall–Kier alpha value is -1.62. The predicted molar refractivity (Wildman–Crippen MR) is 87.2 cm³/mol. The van der Waals surface area contributed by atoms with Crippen molar-refractivity contribution in [3.63, 3.8) is 0 Å². The average Bonchev–Trinajstić information content (AvgIpc) is 2.56. The van der Waals surface area contributed by atoms with Crippen LogP contribution in [-0.2, 0) is 9.53 Å². The van der Waals surface area contributed by atoms with Crippen molar-refractivity contribution < 1.29 is 14.3 Å². The first kappa shape index (κ1) is 16.2. The molecule has 1 atom stereocenters. The van der Waals surface area contributed by atoms with Crippen molar-refractivity contribution in [1.29, 1.82) is 0 Å². The minimum absolute atomic E-state index is 0.00840. The van der Waals surface area contributed by atoms with Crippen LogP contribution in [-0.4, -0.2) is 47.7 Å². The third kappa shape index (κ3) is 4.22. The summed E-state index contributed by atoms with van der Waals surface area (Å²) in [4.78, 5) is 17.4. The predicted octanol–water partition coefficient (Wildman–Crippen LogP) is 2.66. The molecule has 1 aromatic heterocycles. The highest BCUT2D eigenvalue weighted by atomic mass is 16.5. The monoisotopic (exact) mass is 318 g/mol. The van der Waals surface area contributed by atoms with E-state index >= 15 is 0 Å². The molecule has 2 fully saturated rings. The van der Waals surface area contributed by atoms with Gasteiger partial charge in [-0.05, 0) is 50.2 Å². The van der Waals surface area contributed by atoms with Gasteiger partial charge in [-0.3, -0.25) is 9.78 Å². The van der Waals surface area contributed by atoms with Crippen LogP contribution in [0.4, 0.5) is 0 Å². The number of likely N-dealkylation sites (tertiary alicyclic amines) is 1. The number of rotatable bonds is 4. The Morgan fingerprint density at radius 1 is 1.39 bits per heavy atom. The average molecular weight is 318 g/mol. The van der Waals surface area contributed by atoms with Crippen LogP contribution in [0.25, 0.3) is 0 Å². The lowest BCUT2D eigenvalue weighted by molar-refractivity contribution is -0.146. The van der Waals surface area contributed by atoms with Crippen molar-refractivity contribution in [3.8, 4) is 5.75 Å². The molecule has 5 nitrogen and oxygen atoms in total. The van der Waals surface area contributed by atoms with E-state index in [1.54, 1.807) is 19.3 Å². The van der Waals surface area contributed by atoms with Crippen molar-refractivity contribution in [3.05, 3.63) is 24.5 Å². The highest BCUT2D eigenvalue weighted by Crippen LogP contribution is 2.38. The number of amides is 1. The van der Waals surface area contributed by atoms with E-state index in [-0.39, 0.29) is 11.5 Å². The van der Waals surface area contributed by atoms with Gasteiger partial charge in [0.2, 0.25) is 5.91 Å². The summed E-state index contributed by atoms with van der Waals surface area (Å²) in [6, 6.07) is 3.78. The molecule has 0 bridgehead atoms. The zero-order valence-corrected chi connectivity index (χ0v) is 13.9. The van der Waals surface area contributed by atoms with Gasteiger partial charge in [0, 0.05) is 39.0 Å². The minimum atomic E-state index is -0.00840. The smallest absolute Gasteiger partial charge is 0.219 e. The lowest BCUT2D eigenvalue weighted by Gasteiger charge is -2.46.